The number of H-pyrrole nitrogens is 1. The van der Waals surface area contributed by atoms with Crippen LogP contribution in [-0.4, -0.2) is 48.1 Å². The first-order valence-corrected chi connectivity index (χ1v) is 9.47. The van der Waals surface area contributed by atoms with Gasteiger partial charge in [0.25, 0.3) is 11.6 Å². The van der Waals surface area contributed by atoms with Gasteiger partial charge in [0.05, 0.1) is 30.0 Å². The van der Waals surface area contributed by atoms with Gasteiger partial charge < -0.3 is 10.1 Å². The smallest absolute Gasteiger partial charge is 0.274 e. The Bertz CT molecular complexity index is 1280. The van der Waals surface area contributed by atoms with E-state index in [0.717, 1.165) is 11.3 Å². The molecule has 0 bridgehead atoms. The molecule has 2 heterocycles. The Balaban J connectivity index is 1.44. The first-order chi connectivity index (χ1) is 15.5. The van der Waals surface area contributed by atoms with Crippen molar-refractivity contribution in [3.63, 3.8) is 0 Å². The van der Waals surface area contributed by atoms with Crippen LogP contribution >= 0.6 is 0 Å². The number of methoxy groups -OCH3 is 1. The molecule has 32 heavy (non-hydrogen) atoms. The van der Waals surface area contributed by atoms with Gasteiger partial charge in [-0.25, -0.2) is 9.67 Å². The van der Waals surface area contributed by atoms with Gasteiger partial charge in [0, 0.05) is 17.7 Å². The Hall–Kier alpha value is -4.61. The van der Waals surface area contributed by atoms with E-state index in [-0.39, 0.29) is 17.9 Å². The molecular weight excluding hydrogens is 416 g/mol. The minimum absolute atomic E-state index is 0.0821. The highest BCUT2D eigenvalue weighted by Crippen LogP contribution is 2.20. The van der Waals surface area contributed by atoms with Crippen LogP contribution in [0.5, 0.6) is 5.75 Å². The van der Waals surface area contributed by atoms with E-state index in [4.69, 9.17) is 4.74 Å². The van der Waals surface area contributed by atoms with Crippen LogP contribution in [0.3, 0.4) is 0 Å². The monoisotopic (exact) mass is 434 g/mol. The number of rotatable bonds is 7. The number of aromatic amines is 1. The minimum Gasteiger partial charge on any atom is -0.497 e. The molecule has 4 rings (SSSR count). The molecule has 4 aromatic rings. The molecule has 2 N–H and O–H groups in total. The Morgan fingerprint density at radius 1 is 1.25 bits per heavy atom. The Kier molecular flexibility index (Phi) is 5.57. The zero-order chi connectivity index (χ0) is 22.7. The molecule has 162 valence electrons. The molecule has 0 unspecified atom stereocenters. The van der Waals surface area contributed by atoms with Crippen LogP contribution in [0.2, 0.25) is 0 Å². The largest absolute Gasteiger partial charge is 0.497 e. The fourth-order valence-electron chi connectivity index (χ4n) is 3.01. The summed E-state index contributed by atoms with van der Waals surface area (Å²) in [6.45, 7) is 1.76. The first kappa shape index (κ1) is 20.7. The van der Waals surface area contributed by atoms with E-state index in [0.29, 0.717) is 23.0 Å². The predicted octanol–water partition coefficient (Wildman–Crippen LogP) is 2.21. The highest BCUT2D eigenvalue weighted by Gasteiger charge is 2.19. The van der Waals surface area contributed by atoms with Crippen LogP contribution in [0.15, 0.2) is 48.5 Å². The second kappa shape index (κ2) is 8.63. The second-order valence-corrected chi connectivity index (χ2v) is 6.73. The van der Waals surface area contributed by atoms with Crippen molar-refractivity contribution >= 4 is 11.6 Å². The number of hydrogen-bond acceptors (Lipinski definition) is 8. The molecule has 12 heteroatoms. The summed E-state index contributed by atoms with van der Waals surface area (Å²) in [5, 5.41) is 28.5. The van der Waals surface area contributed by atoms with Gasteiger partial charge >= 0.3 is 0 Å². The number of nitro benzene ring substituents is 1. The van der Waals surface area contributed by atoms with Gasteiger partial charge in [0.1, 0.15) is 11.6 Å². The minimum atomic E-state index is -0.499. The van der Waals surface area contributed by atoms with Gasteiger partial charge in [0.2, 0.25) is 0 Å². The molecule has 0 aliphatic carbocycles. The van der Waals surface area contributed by atoms with E-state index in [2.05, 4.69) is 30.8 Å². The highest BCUT2D eigenvalue weighted by molar-refractivity contribution is 5.93. The number of aromatic nitrogens is 6. The van der Waals surface area contributed by atoms with Crippen molar-refractivity contribution in [2.45, 2.75) is 13.5 Å². The molecule has 0 aliphatic heterocycles. The fraction of sp³-hybridized carbons (Fsp3) is 0.150. The van der Waals surface area contributed by atoms with Crippen molar-refractivity contribution in [1.29, 1.82) is 0 Å². The summed E-state index contributed by atoms with van der Waals surface area (Å²) in [4.78, 5) is 27.5. The number of hydrogen-bond donors (Lipinski definition) is 2. The molecular formula is C20H18N8O4. The summed E-state index contributed by atoms with van der Waals surface area (Å²) < 4.78 is 6.51. The van der Waals surface area contributed by atoms with E-state index in [1.54, 1.807) is 38.3 Å². The summed E-state index contributed by atoms with van der Waals surface area (Å²) >= 11 is 0. The van der Waals surface area contributed by atoms with E-state index >= 15 is 0 Å². The lowest BCUT2D eigenvalue weighted by atomic mass is 10.2. The van der Waals surface area contributed by atoms with E-state index < -0.39 is 10.8 Å². The Morgan fingerprint density at radius 3 is 2.75 bits per heavy atom. The number of carbonyl (C=O) groups excluding carboxylic acids is 1. The quantitative estimate of drug-likeness (QED) is 0.331. The standard InChI is InChI=1S/C20H18N8O4/c1-12-18(24-26-27(12)14-4-3-5-15(10-14)28(30)31)20(29)21-11-17-22-19(25-23-17)13-6-8-16(32-2)9-7-13/h3-10H,11H2,1-2H3,(H,21,29)(H,22,23,25). The first-order valence-electron chi connectivity index (χ1n) is 9.47. The molecule has 0 saturated carbocycles. The summed E-state index contributed by atoms with van der Waals surface area (Å²) in [6.07, 6.45) is 0. The topological polar surface area (TPSA) is 154 Å². The molecule has 0 radical (unpaired) electrons. The van der Waals surface area contributed by atoms with Crippen LogP contribution in [0.25, 0.3) is 17.1 Å². The Labute approximate surface area is 181 Å². The average Bonchev–Trinajstić information content (AvgIpc) is 3.44. The maximum Gasteiger partial charge on any atom is 0.274 e. The zero-order valence-electron chi connectivity index (χ0n) is 17.1. The van der Waals surface area contributed by atoms with Crippen LogP contribution < -0.4 is 10.1 Å². The van der Waals surface area contributed by atoms with E-state index in [1.807, 2.05) is 12.1 Å². The van der Waals surface area contributed by atoms with Crippen molar-refractivity contribution in [3.8, 4) is 22.8 Å². The lowest BCUT2D eigenvalue weighted by Gasteiger charge is -2.04. The van der Waals surface area contributed by atoms with Crippen molar-refractivity contribution < 1.29 is 14.5 Å². The van der Waals surface area contributed by atoms with Crippen molar-refractivity contribution in [3.05, 3.63) is 75.9 Å². The Morgan fingerprint density at radius 2 is 2.03 bits per heavy atom. The van der Waals surface area contributed by atoms with Gasteiger partial charge in [-0.05, 0) is 37.3 Å². The van der Waals surface area contributed by atoms with Crippen LogP contribution in [0.4, 0.5) is 5.69 Å². The highest BCUT2D eigenvalue weighted by atomic mass is 16.6. The maximum absolute atomic E-state index is 12.6. The van der Waals surface area contributed by atoms with Gasteiger partial charge in [-0.1, -0.05) is 11.3 Å². The van der Waals surface area contributed by atoms with Crippen LogP contribution in [0, 0.1) is 17.0 Å². The maximum atomic E-state index is 12.6. The third-order valence-electron chi connectivity index (χ3n) is 4.69. The molecule has 12 nitrogen and oxygen atoms in total. The molecule has 0 aliphatic rings. The lowest BCUT2D eigenvalue weighted by molar-refractivity contribution is -0.384. The third-order valence-corrected chi connectivity index (χ3v) is 4.69. The number of amides is 1. The second-order valence-electron chi connectivity index (χ2n) is 6.73. The number of benzene rings is 2. The van der Waals surface area contributed by atoms with Gasteiger partial charge in [0.15, 0.2) is 11.5 Å². The average molecular weight is 434 g/mol. The lowest BCUT2D eigenvalue weighted by Crippen LogP contribution is -2.24. The van der Waals surface area contributed by atoms with E-state index in [1.165, 1.54) is 16.8 Å². The number of non-ortho nitro benzene ring substituents is 1. The van der Waals surface area contributed by atoms with Crippen molar-refractivity contribution in [2.24, 2.45) is 0 Å². The predicted molar refractivity (Wildman–Crippen MR) is 112 cm³/mol. The number of nitrogens with one attached hydrogen (secondary N) is 2. The summed E-state index contributed by atoms with van der Waals surface area (Å²) in [7, 11) is 1.59. The zero-order valence-corrected chi connectivity index (χ0v) is 17.1. The summed E-state index contributed by atoms with van der Waals surface area (Å²) in [5.74, 6) is 1.23. The number of nitrogens with zero attached hydrogens (tertiary/aromatic N) is 6. The number of ether oxygens (including phenoxy) is 1. The molecule has 2 aromatic heterocycles. The van der Waals surface area contributed by atoms with E-state index in [9.17, 15) is 14.9 Å². The molecule has 1 amide bonds. The SMILES string of the molecule is COc1ccc(-c2n[nH]c(CNC(=O)c3nnn(-c4cccc([N+](=O)[O-])c4)c3C)n2)cc1. The van der Waals surface area contributed by atoms with Crippen LogP contribution in [-0.2, 0) is 6.54 Å². The molecule has 0 atom stereocenters. The molecule has 0 fully saturated rings. The number of carbonyl (C=O) groups is 1. The molecule has 0 spiro atoms. The molecule has 2 aromatic carbocycles. The summed E-state index contributed by atoms with van der Waals surface area (Å²) in [5.41, 5.74) is 1.70. The number of nitro groups is 1. The van der Waals surface area contributed by atoms with Gasteiger partial charge in [-0.15, -0.1) is 5.10 Å². The third kappa shape index (κ3) is 4.14. The van der Waals surface area contributed by atoms with Crippen molar-refractivity contribution in [1.82, 2.24) is 35.5 Å². The van der Waals surface area contributed by atoms with Crippen molar-refractivity contribution in [2.75, 3.05) is 7.11 Å². The normalized spacial score (nSPS) is 10.7. The fourth-order valence-corrected chi connectivity index (χ4v) is 3.01. The van der Waals surface area contributed by atoms with Gasteiger partial charge in [-0.3, -0.25) is 20.0 Å². The van der Waals surface area contributed by atoms with Crippen LogP contribution in [0.1, 0.15) is 22.0 Å². The summed E-state index contributed by atoms with van der Waals surface area (Å²) in [6, 6.07) is 13.2. The molecule has 0 saturated heterocycles. The van der Waals surface area contributed by atoms with Gasteiger partial charge in [-0.2, -0.15) is 5.10 Å².